The molecule has 1 heterocycles. The van der Waals surface area contributed by atoms with Crippen LogP contribution < -0.4 is 10.6 Å². The molecule has 0 aromatic carbocycles. The third-order valence-corrected chi connectivity index (χ3v) is 4.46. The molecule has 1 amide bonds. The number of β-amino-alcohol motifs (C(OH)–C–C–N with tert-alkyl or cyclic N) is 1. The van der Waals surface area contributed by atoms with Gasteiger partial charge in [0.1, 0.15) is 0 Å². The van der Waals surface area contributed by atoms with Crippen molar-refractivity contribution in [1.82, 2.24) is 10.6 Å². The van der Waals surface area contributed by atoms with Crippen molar-refractivity contribution >= 4 is 5.91 Å². The van der Waals surface area contributed by atoms with Crippen molar-refractivity contribution in [2.24, 2.45) is 11.8 Å². The number of carbonyl (C=O) groups excluding carboxylic acids is 1. The zero-order valence-corrected chi connectivity index (χ0v) is 10.8. The summed E-state index contributed by atoms with van der Waals surface area (Å²) in [6.07, 6.45) is 3.74. The molecule has 2 fully saturated rings. The number of carbonyl (C=O) groups is 1. The monoisotopic (exact) mass is 240 g/mol. The molecule has 0 spiro atoms. The molecule has 1 saturated carbocycles. The van der Waals surface area contributed by atoms with Gasteiger partial charge in [0.15, 0.2) is 0 Å². The lowest BCUT2D eigenvalue weighted by molar-refractivity contribution is -0.124. The van der Waals surface area contributed by atoms with E-state index in [-0.39, 0.29) is 18.1 Å². The smallest absolute Gasteiger partial charge is 0.237 e. The molecular weight excluding hydrogens is 216 g/mol. The fourth-order valence-corrected chi connectivity index (χ4v) is 2.99. The van der Waals surface area contributed by atoms with Crippen LogP contribution in [0.2, 0.25) is 0 Å². The van der Waals surface area contributed by atoms with Gasteiger partial charge in [0.2, 0.25) is 5.91 Å². The Bertz CT molecular complexity index is 283. The lowest BCUT2D eigenvalue weighted by atomic mass is 9.78. The van der Waals surface area contributed by atoms with Gasteiger partial charge in [-0.15, -0.1) is 0 Å². The van der Waals surface area contributed by atoms with Crippen molar-refractivity contribution in [3.05, 3.63) is 0 Å². The van der Waals surface area contributed by atoms with Gasteiger partial charge in [-0.05, 0) is 24.7 Å². The van der Waals surface area contributed by atoms with E-state index in [1.54, 1.807) is 0 Å². The second-order valence-electron chi connectivity index (χ2n) is 5.73. The van der Waals surface area contributed by atoms with Crippen LogP contribution in [0.3, 0.4) is 0 Å². The van der Waals surface area contributed by atoms with Crippen LogP contribution >= 0.6 is 0 Å². The number of hydrogen-bond donors (Lipinski definition) is 3. The molecule has 0 aromatic rings. The van der Waals surface area contributed by atoms with Crippen LogP contribution in [0.4, 0.5) is 0 Å². The summed E-state index contributed by atoms with van der Waals surface area (Å²) >= 11 is 0. The summed E-state index contributed by atoms with van der Waals surface area (Å²) in [6, 6.07) is 0.111. The molecule has 1 aliphatic carbocycles. The zero-order valence-electron chi connectivity index (χ0n) is 10.8. The summed E-state index contributed by atoms with van der Waals surface area (Å²) in [5.41, 5.74) is 0. The van der Waals surface area contributed by atoms with Crippen molar-refractivity contribution in [1.29, 1.82) is 0 Å². The molecule has 4 heteroatoms. The maximum absolute atomic E-state index is 12.0. The molecule has 5 atom stereocenters. The van der Waals surface area contributed by atoms with Crippen LogP contribution in [0, 0.1) is 11.8 Å². The molecule has 5 unspecified atom stereocenters. The van der Waals surface area contributed by atoms with Crippen LogP contribution in [0.15, 0.2) is 0 Å². The molecule has 3 N–H and O–H groups in total. The van der Waals surface area contributed by atoms with E-state index in [4.69, 9.17) is 0 Å². The second kappa shape index (κ2) is 5.36. The molecule has 0 bridgehead atoms. The van der Waals surface area contributed by atoms with Gasteiger partial charge in [0.05, 0.1) is 12.1 Å². The highest BCUT2D eigenvalue weighted by Gasteiger charge is 2.32. The second-order valence-corrected chi connectivity index (χ2v) is 5.73. The predicted octanol–water partition coefficient (Wildman–Crippen LogP) is 0.650. The van der Waals surface area contributed by atoms with Crippen molar-refractivity contribution < 1.29 is 9.90 Å². The topological polar surface area (TPSA) is 61.4 Å². The Morgan fingerprint density at radius 3 is 2.76 bits per heavy atom. The summed E-state index contributed by atoms with van der Waals surface area (Å²) in [5, 5.41) is 15.6. The van der Waals surface area contributed by atoms with Crippen LogP contribution in [-0.2, 0) is 4.79 Å². The number of aliphatic hydroxyl groups is 1. The molecule has 0 aromatic heterocycles. The van der Waals surface area contributed by atoms with Gasteiger partial charge in [-0.25, -0.2) is 0 Å². The third-order valence-electron chi connectivity index (χ3n) is 4.46. The van der Waals surface area contributed by atoms with E-state index in [1.165, 1.54) is 12.8 Å². The van der Waals surface area contributed by atoms with Gasteiger partial charge in [0, 0.05) is 12.6 Å². The summed E-state index contributed by atoms with van der Waals surface area (Å²) in [5.74, 6) is 1.31. The van der Waals surface area contributed by atoms with Crippen LogP contribution in [-0.4, -0.2) is 35.7 Å². The summed E-state index contributed by atoms with van der Waals surface area (Å²) < 4.78 is 0. The predicted molar refractivity (Wildman–Crippen MR) is 66.5 cm³/mol. The number of nitrogens with one attached hydrogen (secondary N) is 2. The van der Waals surface area contributed by atoms with E-state index in [0.29, 0.717) is 30.8 Å². The van der Waals surface area contributed by atoms with Gasteiger partial charge in [0.25, 0.3) is 0 Å². The highest BCUT2D eigenvalue weighted by molar-refractivity contribution is 5.82. The molecule has 98 valence electrons. The van der Waals surface area contributed by atoms with Gasteiger partial charge in [-0.3, -0.25) is 4.79 Å². The quantitative estimate of drug-likeness (QED) is 0.664. The minimum absolute atomic E-state index is 0.0625. The first-order valence-corrected chi connectivity index (χ1v) is 6.79. The zero-order chi connectivity index (χ0) is 12.4. The summed E-state index contributed by atoms with van der Waals surface area (Å²) in [6.45, 7) is 5.03. The van der Waals surface area contributed by atoms with E-state index >= 15 is 0 Å². The van der Waals surface area contributed by atoms with Gasteiger partial charge < -0.3 is 15.7 Å². The summed E-state index contributed by atoms with van der Waals surface area (Å²) in [7, 11) is 0. The van der Waals surface area contributed by atoms with E-state index in [0.717, 1.165) is 6.42 Å². The normalized spacial score (nSPS) is 42.4. The average molecular weight is 240 g/mol. The molecule has 0 radical (unpaired) electrons. The molecule has 2 aliphatic rings. The Hall–Kier alpha value is -0.610. The van der Waals surface area contributed by atoms with Crippen LogP contribution in [0.25, 0.3) is 0 Å². The molecule has 1 saturated heterocycles. The Morgan fingerprint density at radius 2 is 2.12 bits per heavy atom. The first-order chi connectivity index (χ1) is 8.08. The lowest BCUT2D eigenvalue weighted by Gasteiger charge is -2.35. The van der Waals surface area contributed by atoms with Gasteiger partial charge >= 0.3 is 0 Å². The Balaban J connectivity index is 1.85. The molecule has 2 rings (SSSR count). The minimum atomic E-state index is -0.367. The number of amides is 1. The van der Waals surface area contributed by atoms with Crippen molar-refractivity contribution in [3.8, 4) is 0 Å². The van der Waals surface area contributed by atoms with E-state index in [1.807, 2.05) is 0 Å². The van der Waals surface area contributed by atoms with Crippen molar-refractivity contribution in [2.75, 3.05) is 6.54 Å². The maximum Gasteiger partial charge on any atom is 0.237 e. The van der Waals surface area contributed by atoms with E-state index in [9.17, 15) is 9.90 Å². The lowest BCUT2D eigenvalue weighted by Crippen LogP contribution is -2.49. The Morgan fingerprint density at radius 1 is 1.35 bits per heavy atom. The fraction of sp³-hybridized carbons (Fsp3) is 0.923. The minimum Gasteiger partial charge on any atom is -0.392 e. The van der Waals surface area contributed by atoms with Crippen LogP contribution in [0.5, 0.6) is 0 Å². The number of aliphatic hydroxyl groups excluding tert-OH is 1. The van der Waals surface area contributed by atoms with E-state index < -0.39 is 0 Å². The van der Waals surface area contributed by atoms with Crippen molar-refractivity contribution in [3.63, 3.8) is 0 Å². The largest absolute Gasteiger partial charge is 0.392 e. The standard InChI is InChI=1S/C13H24N2O2/c1-8-4-3-5-11(9(8)2)15-13(17)12-6-10(16)7-14-12/h8-12,14,16H,3-7H2,1-2H3,(H,15,17). The third kappa shape index (κ3) is 2.99. The van der Waals surface area contributed by atoms with Crippen molar-refractivity contribution in [2.45, 2.75) is 57.7 Å². The average Bonchev–Trinajstić information content (AvgIpc) is 2.72. The molecular formula is C13H24N2O2. The number of hydrogen-bond acceptors (Lipinski definition) is 3. The fourth-order valence-electron chi connectivity index (χ4n) is 2.99. The Labute approximate surface area is 103 Å². The van der Waals surface area contributed by atoms with E-state index in [2.05, 4.69) is 24.5 Å². The maximum atomic E-state index is 12.0. The first-order valence-electron chi connectivity index (χ1n) is 6.79. The SMILES string of the molecule is CC1CCCC(NC(=O)C2CC(O)CN2)C1C. The highest BCUT2D eigenvalue weighted by Crippen LogP contribution is 2.29. The summed E-state index contributed by atoms with van der Waals surface area (Å²) in [4.78, 5) is 12.0. The molecule has 17 heavy (non-hydrogen) atoms. The molecule has 1 aliphatic heterocycles. The number of rotatable bonds is 2. The molecule has 4 nitrogen and oxygen atoms in total. The van der Waals surface area contributed by atoms with Crippen LogP contribution in [0.1, 0.15) is 39.5 Å². The Kier molecular flexibility index (Phi) is 4.05. The first kappa shape index (κ1) is 12.8. The van der Waals surface area contributed by atoms with Gasteiger partial charge in [-0.1, -0.05) is 26.7 Å². The highest BCUT2D eigenvalue weighted by atomic mass is 16.3. The van der Waals surface area contributed by atoms with Gasteiger partial charge in [-0.2, -0.15) is 0 Å².